The minimum atomic E-state index is -1.08. The number of carbonyl (C=O) groups is 1. The third kappa shape index (κ3) is 1.70. The van der Waals surface area contributed by atoms with Crippen LogP contribution in [0.2, 0.25) is 0 Å². The van der Waals surface area contributed by atoms with E-state index in [1.807, 2.05) is 6.92 Å². The van der Waals surface area contributed by atoms with Crippen molar-refractivity contribution >= 4 is 5.97 Å². The Morgan fingerprint density at radius 3 is 2.75 bits per heavy atom. The van der Waals surface area contributed by atoms with E-state index in [1.54, 1.807) is 0 Å². The molecule has 0 unspecified atom stereocenters. The van der Waals surface area contributed by atoms with Gasteiger partial charge in [-0.3, -0.25) is 0 Å². The third-order valence-electron chi connectivity index (χ3n) is 5.17. The number of aliphatic hydroxyl groups is 1. The highest BCUT2D eigenvalue weighted by atomic mass is 16.7. The average Bonchev–Trinajstić information content (AvgIpc) is 2.63. The summed E-state index contributed by atoms with van der Waals surface area (Å²) in [5.74, 6) is -1.76. The summed E-state index contributed by atoms with van der Waals surface area (Å²) in [6.07, 6.45) is 2.32. The smallest absolute Gasteiger partial charge is 0.333 e. The summed E-state index contributed by atoms with van der Waals surface area (Å²) in [6.45, 7) is 6.21. The number of aliphatic carboxylic acids is 1. The lowest BCUT2D eigenvalue weighted by Gasteiger charge is -2.51. The van der Waals surface area contributed by atoms with Crippen LogP contribution in [-0.2, 0) is 14.3 Å². The number of ether oxygens (including phenoxy) is 2. The molecule has 0 amide bonds. The van der Waals surface area contributed by atoms with E-state index in [9.17, 15) is 15.0 Å². The number of rotatable bonds is 2. The van der Waals surface area contributed by atoms with Crippen molar-refractivity contribution in [3.05, 3.63) is 11.6 Å². The van der Waals surface area contributed by atoms with E-state index in [1.165, 1.54) is 6.08 Å². The molecule has 5 nitrogen and oxygen atoms in total. The van der Waals surface area contributed by atoms with Gasteiger partial charge < -0.3 is 19.7 Å². The van der Waals surface area contributed by atoms with Crippen molar-refractivity contribution in [3.8, 4) is 0 Å². The molecular weight excluding hydrogens is 260 g/mol. The fraction of sp³-hybridized carbons (Fsp3) is 0.800. The maximum Gasteiger partial charge on any atom is 0.333 e. The molecular formula is C15H22O5. The lowest BCUT2D eigenvalue weighted by molar-refractivity contribution is -0.343. The van der Waals surface area contributed by atoms with Crippen LogP contribution in [0.25, 0.3) is 0 Å². The fourth-order valence-electron chi connectivity index (χ4n) is 3.87. The van der Waals surface area contributed by atoms with Crippen molar-refractivity contribution in [1.29, 1.82) is 0 Å². The second-order valence-electron chi connectivity index (χ2n) is 6.85. The summed E-state index contributed by atoms with van der Waals surface area (Å²) in [5, 5.41) is 19.7. The molecule has 2 bridgehead atoms. The molecule has 0 aliphatic carbocycles. The summed E-state index contributed by atoms with van der Waals surface area (Å²) >= 11 is 0. The molecule has 1 spiro atoms. The highest BCUT2D eigenvalue weighted by Gasteiger charge is 2.67. The van der Waals surface area contributed by atoms with Crippen LogP contribution in [0, 0.1) is 11.3 Å². The molecule has 5 atom stereocenters. The first-order chi connectivity index (χ1) is 9.29. The van der Waals surface area contributed by atoms with Crippen molar-refractivity contribution in [2.75, 3.05) is 0 Å². The second-order valence-corrected chi connectivity index (χ2v) is 6.85. The lowest BCUT2D eigenvalue weighted by Crippen LogP contribution is -2.60. The van der Waals surface area contributed by atoms with Crippen LogP contribution in [0.3, 0.4) is 0 Å². The molecule has 0 saturated carbocycles. The molecule has 3 aliphatic heterocycles. The number of hydrogen-bond acceptors (Lipinski definition) is 4. The zero-order valence-corrected chi connectivity index (χ0v) is 12.1. The van der Waals surface area contributed by atoms with E-state index in [0.29, 0.717) is 12.3 Å². The van der Waals surface area contributed by atoms with E-state index in [0.717, 1.165) is 12.8 Å². The molecule has 0 aromatic carbocycles. The quantitative estimate of drug-likeness (QED) is 0.806. The fourth-order valence-corrected chi connectivity index (χ4v) is 3.87. The molecule has 5 heteroatoms. The third-order valence-corrected chi connectivity index (χ3v) is 5.17. The summed E-state index contributed by atoms with van der Waals surface area (Å²) in [5.41, 5.74) is -0.181. The number of hydrogen-bond donors (Lipinski definition) is 2. The van der Waals surface area contributed by atoms with Crippen LogP contribution < -0.4 is 0 Å². The average molecular weight is 282 g/mol. The molecule has 20 heavy (non-hydrogen) atoms. The molecule has 2 N–H and O–H groups in total. The van der Waals surface area contributed by atoms with Gasteiger partial charge in [-0.05, 0) is 31.3 Å². The van der Waals surface area contributed by atoms with Gasteiger partial charge in [0.1, 0.15) is 6.10 Å². The standard InChI is InChI=1S/C15H22O5/c1-8(2)10-4-5-14(3)7-11-9(13(17)18)6-12(16)15(14,19-10)20-11/h6,8,10-12,16H,4-5,7H2,1-3H3,(H,17,18)/t10-,11-,12-,14+,15-/m0/s1. The highest BCUT2D eigenvalue weighted by molar-refractivity contribution is 5.88. The SMILES string of the molecule is CC(C)[C@@H]1CC[C@]2(C)C[C@@H]3O[C@@]2(O1)[C@@H](O)C=C3C(=O)O. The van der Waals surface area contributed by atoms with E-state index in [4.69, 9.17) is 9.47 Å². The van der Waals surface area contributed by atoms with Gasteiger partial charge in [0.25, 0.3) is 0 Å². The van der Waals surface area contributed by atoms with E-state index < -0.39 is 24.0 Å². The predicted molar refractivity (Wildman–Crippen MR) is 71.0 cm³/mol. The van der Waals surface area contributed by atoms with Gasteiger partial charge in [0, 0.05) is 5.41 Å². The summed E-state index contributed by atoms with van der Waals surface area (Å²) in [6, 6.07) is 0. The first-order valence-electron chi connectivity index (χ1n) is 7.28. The van der Waals surface area contributed by atoms with Crippen molar-refractivity contribution in [1.82, 2.24) is 0 Å². The van der Waals surface area contributed by atoms with Crippen molar-refractivity contribution < 1.29 is 24.5 Å². The molecule has 0 aromatic rings. The predicted octanol–water partition coefficient (Wildman–Crippen LogP) is 1.70. The van der Waals surface area contributed by atoms with Crippen LogP contribution in [0.15, 0.2) is 11.6 Å². The van der Waals surface area contributed by atoms with E-state index in [-0.39, 0.29) is 17.1 Å². The highest BCUT2D eigenvalue weighted by Crippen LogP contribution is 2.59. The topological polar surface area (TPSA) is 76.0 Å². The van der Waals surface area contributed by atoms with Gasteiger partial charge >= 0.3 is 5.97 Å². The maximum atomic E-state index is 11.3. The largest absolute Gasteiger partial charge is 0.478 e. The Labute approximate surface area is 118 Å². The van der Waals surface area contributed by atoms with Gasteiger partial charge in [0.2, 0.25) is 5.79 Å². The van der Waals surface area contributed by atoms with Gasteiger partial charge in [-0.15, -0.1) is 0 Å². The Kier molecular flexibility index (Phi) is 3.01. The van der Waals surface area contributed by atoms with Gasteiger partial charge in [0.15, 0.2) is 0 Å². The zero-order chi connectivity index (χ0) is 14.7. The Morgan fingerprint density at radius 1 is 1.45 bits per heavy atom. The van der Waals surface area contributed by atoms with Crippen molar-refractivity contribution in [2.24, 2.45) is 11.3 Å². The molecule has 2 fully saturated rings. The molecule has 112 valence electrons. The minimum Gasteiger partial charge on any atom is -0.478 e. The molecule has 2 saturated heterocycles. The van der Waals surface area contributed by atoms with Gasteiger partial charge in [-0.25, -0.2) is 4.79 Å². The first-order valence-corrected chi connectivity index (χ1v) is 7.28. The number of fused-ring (bicyclic) bond motifs is 1. The first kappa shape index (κ1) is 14.0. The Balaban J connectivity index is 1.99. The van der Waals surface area contributed by atoms with Crippen molar-refractivity contribution in [3.63, 3.8) is 0 Å². The zero-order valence-electron chi connectivity index (χ0n) is 12.1. The summed E-state index contributed by atoms with van der Waals surface area (Å²) in [7, 11) is 0. The molecule has 3 aliphatic rings. The normalized spacial score (nSPS) is 47.0. The summed E-state index contributed by atoms with van der Waals surface area (Å²) in [4.78, 5) is 11.3. The molecule has 3 heterocycles. The van der Waals surface area contributed by atoms with Gasteiger partial charge in [-0.2, -0.15) is 0 Å². The van der Waals surface area contributed by atoms with Crippen LogP contribution >= 0.6 is 0 Å². The Morgan fingerprint density at radius 2 is 2.15 bits per heavy atom. The number of aliphatic hydroxyl groups excluding tert-OH is 1. The van der Waals surface area contributed by atoms with Crippen molar-refractivity contribution in [2.45, 2.75) is 64.1 Å². The van der Waals surface area contributed by atoms with Crippen LogP contribution in [0.4, 0.5) is 0 Å². The Bertz CT molecular complexity index is 471. The number of carboxylic acids is 1. The van der Waals surface area contributed by atoms with E-state index >= 15 is 0 Å². The van der Waals surface area contributed by atoms with Crippen LogP contribution in [0.5, 0.6) is 0 Å². The minimum absolute atomic E-state index is 0.0382. The monoisotopic (exact) mass is 282 g/mol. The van der Waals surface area contributed by atoms with Gasteiger partial charge in [0.05, 0.1) is 17.8 Å². The molecule has 3 rings (SSSR count). The molecule has 0 aromatic heterocycles. The maximum absolute atomic E-state index is 11.3. The number of carboxylic acid groups (broad SMARTS) is 1. The molecule has 0 radical (unpaired) electrons. The van der Waals surface area contributed by atoms with Gasteiger partial charge in [-0.1, -0.05) is 20.8 Å². The lowest BCUT2D eigenvalue weighted by atomic mass is 9.71. The van der Waals surface area contributed by atoms with E-state index in [2.05, 4.69) is 13.8 Å². The Hall–Kier alpha value is -0.910. The summed E-state index contributed by atoms with van der Waals surface area (Å²) < 4.78 is 12.1. The second kappa shape index (κ2) is 4.29. The van der Waals surface area contributed by atoms with Crippen LogP contribution in [0.1, 0.15) is 40.0 Å². The van der Waals surface area contributed by atoms with Crippen LogP contribution in [-0.4, -0.2) is 40.3 Å².